The Bertz CT molecular complexity index is 1370. The summed E-state index contributed by atoms with van der Waals surface area (Å²) >= 11 is 0. The number of para-hydroxylation sites is 1. The molecule has 1 aliphatic rings. The Kier molecular flexibility index (Phi) is 6.01. The molecule has 0 amide bonds. The average molecular weight is 473 g/mol. The summed E-state index contributed by atoms with van der Waals surface area (Å²) in [4.78, 5) is 28.7. The summed E-state index contributed by atoms with van der Waals surface area (Å²) in [6.45, 7) is 4.40. The number of benzene rings is 2. The highest BCUT2D eigenvalue weighted by molar-refractivity contribution is 5.85. The molecule has 1 saturated heterocycles. The van der Waals surface area contributed by atoms with Crippen molar-refractivity contribution in [2.75, 3.05) is 43.1 Å². The van der Waals surface area contributed by atoms with E-state index in [2.05, 4.69) is 19.9 Å². The van der Waals surface area contributed by atoms with Crippen molar-refractivity contribution in [3.63, 3.8) is 0 Å². The molecule has 178 valence electrons. The van der Waals surface area contributed by atoms with E-state index in [9.17, 15) is 10.1 Å². The van der Waals surface area contributed by atoms with E-state index in [4.69, 9.17) is 9.47 Å². The van der Waals surface area contributed by atoms with Gasteiger partial charge in [-0.3, -0.25) is 10.1 Å². The second-order valence-corrected chi connectivity index (χ2v) is 8.16. The van der Waals surface area contributed by atoms with Crippen LogP contribution in [0.1, 0.15) is 5.69 Å². The first-order chi connectivity index (χ1) is 17.0. The van der Waals surface area contributed by atoms with Gasteiger partial charge in [0.1, 0.15) is 17.6 Å². The molecule has 0 atom stereocenters. The maximum absolute atomic E-state index is 12.1. The fourth-order valence-electron chi connectivity index (χ4n) is 4.19. The Morgan fingerprint density at radius 1 is 0.943 bits per heavy atom. The number of methoxy groups -OCH3 is 1. The van der Waals surface area contributed by atoms with Crippen molar-refractivity contribution in [2.24, 2.45) is 0 Å². The molecule has 0 spiro atoms. The number of hydrogen-bond donors (Lipinski definition) is 0. The molecule has 1 aliphatic heterocycles. The Morgan fingerprint density at radius 2 is 1.69 bits per heavy atom. The van der Waals surface area contributed by atoms with Gasteiger partial charge in [-0.1, -0.05) is 18.2 Å². The zero-order chi connectivity index (χ0) is 24.4. The second-order valence-electron chi connectivity index (χ2n) is 8.16. The lowest BCUT2D eigenvalue weighted by atomic mass is 10.2. The van der Waals surface area contributed by atoms with E-state index in [1.54, 1.807) is 13.2 Å². The van der Waals surface area contributed by atoms with E-state index < -0.39 is 4.92 Å². The first-order valence-electron chi connectivity index (χ1n) is 11.2. The maximum Gasteiger partial charge on any atom is 0.373 e. The first-order valence-corrected chi connectivity index (χ1v) is 11.2. The maximum atomic E-state index is 12.1. The molecular weight excluding hydrogens is 448 g/mol. The predicted octanol–water partition coefficient (Wildman–Crippen LogP) is 4.37. The smallest absolute Gasteiger partial charge is 0.373 e. The summed E-state index contributed by atoms with van der Waals surface area (Å²) in [5.41, 5.74) is 2.26. The number of ether oxygens (including phenoxy) is 2. The van der Waals surface area contributed by atoms with Gasteiger partial charge < -0.3 is 19.3 Å². The van der Waals surface area contributed by atoms with Crippen molar-refractivity contribution in [3.05, 3.63) is 76.7 Å². The molecule has 0 bridgehead atoms. The number of fused-ring (bicyclic) bond motifs is 1. The van der Waals surface area contributed by atoms with Gasteiger partial charge in [-0.05, 0) is 43.3 Å². The second kappa shape index (κ2) is 9.41. The van der Waals surface area contributed by atoms with Gasteiger partial charge in [0.15, 0.2) is 5.75 Å². The molecule has 10 heteroatoms. The van der Waals surface area contributed by atoms with Crippen LogP contribution < -0.4 is 19.3 Å². The quantitative estimate of drug-likeness (QED) is 0.299. The molecule has 4 aromatic rings. The van der Waals surface area contributed by atoms with E-state index in [0.717, 1.165) is 22.5 Å². The molecule has 35 heavy (non-hydrogen) atoms. The number of rotatable bonds is 6. The minimum Gasteiger partial charge on any atom is -0.497 e. The van der Waals surface area contributed by atoms with E-state index >= 15 is 0 Å². The number of anilines is 2. The van der Waals surface area contributed by atoms with Crippen molar-refractivity contribution < 1.29 is 14.4 Å². The Labute approximate surface area is 201 Å². The standard InChI is InChI=1S/C25H24N6O4/c1-17-6-7-18-4-3-5-21(22(18)28-17)35-25-23(31(32)33)24(26-16-27-25)30-14-12-29(13-15-30)19-8-10-20(34-2)11-9-19/h3-11,16H,12-15H2,1-2H3. The highest BCUT2D eigenvalue weighted by Crippen LogP contribution is 2.38. The monoisotopic (exact) mass is 472 g/mol. The van der Waals surface area contributed by atoms with Crippen molar-refractivity contribution >= 4 is 28.1 Å². The lowest BCUT2D eigenvalue weighted by molar-refractivity contribution is -0.385. The number of aryl methyl sites for hydroxylation is 1. The van der Waals surface area contributed by atoms with Crippen LogP contribution in [-0.4, -0.2) is 53.2 Å². The Morgan fingerprint density at radius 3 is 2.40 bits per heavy atom. The summed E-state index contributed by atoms with van der Waals surface area (Å²) < 4.78 is 11.2. The largest absolute Gasteiger partial charge is 0.497 e. The van der Waals surface area contributed by atoms with Crippen LogP contribution in [0.2, 0.25) is 0 Å². The zero-order valence-electron chi connectivity index (χ0n) is 19.4. The topological polar surface area (TPSA) is 107 Å². The van der Waals surface area contributed by atoms with E-state index in [-0.39, 0.29) is 17.4 Å². The molecule has 5 rings (SSSR count). The number of pyridine rings is 1. The van der Waals surface area contributed by atoms with Crippen LogP contribution in [0.15, 0.2) is 60.9 Å². The fraction of sp³-hybridized carbons (Fsp3) is 0.240. The summed E-state index contributed by atoms with van der Waals surface area (Å²) in [6.07, 6.45) is 1.30. The van der Waals surface area contributed by atoms with Crippen molar-refractivity contribution in [1.82, 2.24) is 15.0 Å². The third-order valence-corrected chi connectivity index (χ3v) is 6.00. The van der Waals surface area contributed by atoms with Gasteiger partial charge in [-0.2, -0.15) is 4.98 Å². The van der Waals surface area contributed by atoms with Gasteiger partial charge in [-0.25, -0.2) is 9.97 Å². The van der Waals surface area contributed by atoms with Gasteiger partial charge in [0.05, 0.1) is 12.0 Å². The Hall–Kier alpha value is -4.47. The summed E-state index contributed by atoms with van der Waals surface area (Å²) in [6, 6.07) is 17.2. The SMILES string of the molecule is COc1ccc(N2CCN(c3ncnc(Oc4cccc5ccc(C)nc45)c3[N+](=O)[O-])CC2)cc1. The van der Waals surface area contributed by atoms with Crippen LogP contribution in [-0.2, 0) is 0 Å². The van der Waals surface area contributed by atoms with Crippen LogP contribution in [0.4, 0.5) is 17.2 Å². The molecular formula is C25H24N6O4. The molecule has 2 aromatic heterocycles. The number of nitrogens with zero attached hydrogens (tertiary/aromatic N) is 6. The minimum absolute atomic E-state index is 0.103. The Balaban J connectivity index is 1.41. The molecule has 10 nitrogen and oxygen atoms in total. The highest BCUT2D eigenvalue weighted by atomic mass is 16.6. The van der Waals surface area contributed by atoms with E-state index in [0.29, 0.717) is 37.4 Å². The highest BCUT2D eigenvalue weighted by Gasteiger charge is 2.31. The molecule has 0 saturated carbocycles. The number of piperazine rings is 1. The lowest BCUT2D eigenvalue weighted by Gasteiger charge is -2.36. The van der Waals surface area contributed by atoms with Gasteiger partial charge in [0.2, 0.25) is 5.82 Å². The third kappa shape index (κ3) is 4.50. The van der Waals surface area contributed by atoms with Gasteiger partial charge in [0, 0.05) is 42.9 Å². The van der Waals surface area contributed by atoms with Crippen LogP contribution in [0.3, 0.4) is 0 Å². The van der Waals surface area contributed by atoms with E-state index in [1.807, 2.05) is 60.4 Å². The number of aromatic nitrogens is 3. The molecule has 3 heterocycles. The zero-order valence-corrected chi connectivity index (χ0v) is 19.4. The van der Waals surface area contributed by atoms with Crippen LogP contribution in [0.25, 0.3) is 10.9 Å². The van der Waals surface area contributed by atoms with Crippen LogP contribution in [0, 0.1) is 17.0 Å². The molecule has 0 N–H and O–H groups in total. The molecule has 2 aromatic carbocycles. The lowest BCUT2D eigenvalue weighted by Crippen LogP contribution is -2.47. The number of nitro groups is 1. The first kappa shape index (κ1) is 22.3. The van der Waals surface area contributed by atoms with E-state index in [1.165, 1.54) is 6.33 Å². The van der Waals surface area contributed by atoms with Crippen LogP contribution >= 0.6 is 0 Å². The van der Waals surface area contributed by atoms with Crippen molar-refractivity contribution in [1.29, 1.82) is 0 Å². The van der Waals surface area contributed by atoms with Crippen molar-refractivity contribution in [3.8, 4) is 17.4 Å². The minimum atomic E-state index is -0.482. The average Bonchev–Trinajstić information content (AvgIpc) is 2.89. The summed E-state index contributed by atoms with van der Waals surface area (Å²) in [5.74, 6) is 1.35. The fourth-order valence-corrected chi connectivity index (χ4v) is 4.19. The van der Waals surface area contributed by atoms with Crippen LogP contribution in [0.5, 0.6) is 17.4 Å². The molecule has 0 unspecified atom stereocenters. The van der Waals surface area contributed by atoms with Gasteiger partial charge >= 0.3 is 11.6 Å². The molecule has 1 fully saturated rings. The summed E-state index contributed by atoms with van der Waals surface area (Å²) in [7, 11) is 1.64. The van der Waals surface area contributed by atoms with Crippen molar-refractivity contribution in [2.45, 2.75) is 6.92 Å². The molecule has 0 aliphatic carbocycles. The third-order valence-electron chi connectivity index (χ3n) is 6.00. The van der Waals surface area contributed by atoms with Gasteiger partial charge in [-0.15, -0.1) is 0 Å². The normalized spacial score (nSPS) is 13.7. The van der Waals surface area contributed by atoms with Gasteiger partial charge in [0.25, 0.3) is 0 Å². The summed E-state index contributed by atoms with van der Waals surface area (Å²) in [5, 5.41) is 13.0. The predicted molar refractivity (Wildman–Crippen MR) is 133 cm³/mol. The molecule has 0 radical (unpaired) electrons. The number of hydrogen-bond acceptors (Lipinski definition) is 9.